The normalized spacial score (nSPS) is 16.8. The topological polar surface area (TPSA) is 50.8 Å². The van der Waals surface area contributed by atoms with E-state index in [4.69, 9.17) is 21.1 Å². The summed E-state index contributed by atoms with van der Waals surface area (Å²) in [5.74, 6) is 1.68. The zero-order valence-electron chi connectivity index (χ0n) is 16.4. The molecule has 0 aliphatic carbocycles. The second kappa shape index (κ2) is 9.80. The molecule has 3 rings (SSSR count). The molecule has 5 nitrogen and oxygen atoms in total. The monoisotopic (exact) mass is 402 g/mol. The lowest BCUT2D eigenvalue weighted by Gasteiger charge is -2.26. The number of nitrogens with zero attached hydrogens (tertiary/aromatic N) is 1. The first-order valence-corrected chi connectivity index (χ1v) is 9.95. The number of carbonyl (C=O) groups is 1. The maximum absolute atomic E-state index is 12.5. The van der Waals surface area contributed by atoms with Crippen LogP contribution in [0.3, 0.4) is 0 Å². The predicted octanol–water partition coefficient (Wildman–Crippen LogP) is 3.85. The predicted molar refractivity (Wildman–Crippen MR) is 111 cm³/mol. The molecule has 0 saturated carbocycles. The van der Waals surface area contributed by atoms with Gasteiger partial charge < -0.3 is 14.8 Å². The number of methoxy groups -OCH3 is 2. The van der Waals surface area contributed by atoms with Crippen LogP contribution in [0.4, 0.5) is 0 Å². The molecule has 2 aromatic rings. The first-order valence-electron chi connectivity index (χ1n) is 9.58. The lowest BCUT2D eigenvalue weighted by molar-refractivity contribution is -0.122. The molecule has 6 heteroatoms. The molecule has 0 radical (unpaired) electrons. The summed E-state index contributed by atoms with van der Waals surface area (Å²) in [6, 6.07) is 13.7. The lowest BCUT2D eigenvalue weighted by Crippen LogP contribution is -2.37. The van der Waals surface area contributed by atoms with E-state index in [-0.39, 0.29) is 11.9 Å². The van der Waals surface area contributed by atoms with Crippen LogP contribution in [0, 0.1) is 0 Å². The third-order valence-electron chi connectivity index (χ3n) is 5.16. The highest BCUT2D eigenvalue weighted by Gasteiger charge is 2.30. The maximum Gasteiger partial charge on any atom is 0.234 e. The van der Waals surface area contributed by atoms with E-state index in [1.807, 2.05) is 42.5 Å². The number of hydrogen-bond acceptors (Lipinski definition) is 4. The zero-order chi connectivity index (χ0) is 19.9. The van der Waals surface area contributed by atoms with E-state index < -0.39 is 0 Å². The smallest absolute Gasteiger partial charge is 0.234 e. The van der Waals surface area contributed by atoms with Crippen molar-refractivity contribution in [1.29, 1.82) is 0 Å². The summed E-state index contributed by atoms with van der Waals surface area (Å²) < 4.78 is 10.9. The molecule has 1 heterocycles. The first-order chi connectivity index (χ1) is 13.6. The molecule has 2 aromatic carbocycles. The van der Waals surface area contributed by atoms with Gasteiger partial charge in [-0.15, -0.1) is 0 Å². The first kappa shape index (κ1) is 20.5. The molecule has 1 N–H and O–H groups in total. The number of benzene rings is 2. The summed E-state index contributed by atoms with van der Waals surface area (Å²) in [7, 11) is 3.33. The summed E-state index contributed by atoms with van der Waals surface area (Å²) >= 11 is 5.90. The average molecular weight is 403 g/mol. The fourth-order valence-corrected chi connectivity index (χ4v) is 3.83. The van der Waals surface area contributed by atoms with Gasteiger partial charge in [-0.2, -0.15) is 0 Å². The van der Waals surface area contributed by atoms with Crippen LogP contribution in [-0.4, -0.2) is 44.7 Å². The van der Waals surface area contributed by atoms with E-state index in [9.17, 15) is 4.79 Å². The Kier molecular flexibility index (Phi) is 7.18. The van der Waals surface area contributed by atoms with Gasteiger partial charge in [0.15, 0.2) is 0 Å². The second-order valence-corrected chi connectivity index (χ2v) is 7.40. The summed E-state index contributed by atoms with van der Waals surface area (Å²) in [4.78, 5) is 14.7. The van der Waals surface area contributed by atoms with Crippen LogP contribution in [0.25, 0.3) is 0 Å². The number of hydrogen-bond donors (Lipinski definition) is 1. The van der Waals surface area contributed by atoms with E-state index in [2.05, 4.69) is 10.2 Å². The fourth-order valence-electron chi connectivity index (χ4n) is 3.71. The minimum Gasteiger partial charge on any atom is -0.497 e. The van der Waals surface area contributed by atoms with Gasteiger partial charge in [0.05, 0.1) is 20.8 Å². The fraction of sp³-hybridized carbons (Fsp3) is 0.409. The molecule has 0 bridgehead atoms. The highest BCUT2D eigenvalue weighted by Crippen LogP contribution is 2.38. The Balaban J connectivity index is 1.57. The molecule has 1 fully saturated rings. The second-order valence-electron chi connectivity index (χ2n) is 6.96. The largest absolute Gasteiger partial charge is 0.497 e. The van der Waals surface area contributed by atoms with Crippen LogP contribution in [0.1, 0.15) is 30.0 Å². The zero-order valence-corrected chi connectivity index (χ0v) is 17.2. The molecule has 1 saturated heterocycles. The molecule has 150 valence electrons. The van der Waals surface area contributed by atoms with Gasteiger partial charge in [0, 0.05) is 23.2 Å². The van der Waals surface area contributed by atoms with E-state index in [1.54, 1.807) is 14.2 Å². The molecular weight excluding hydrogens is 376 g/mol. The van der Waals surface area contributed by atoms with Gasteiger partial charge >= 0.3 is 0 Å². The van der Waals surface area contributed by atoms with Crippen molar-refractivity contribution in [3.05, 3.63) is 58.6 Å². The molecular formula is C22H27ClN2O3. The van der Waals surface area contributed by atoms with Gasteiger partial charge in [-0.25, -0.2) is 0 Å². The minimum absolute atomic E-state index is 0.0442. The van der Waals surface area contributed by atoms with Crippen molar-refractivity contribution < 1.29 is 14.3 Å². The summed E-state index contributed by atoms with van der Waals surface area (Å²) in [6.45, 7) is 1.89. The third-order valence-corrected chi connectivity index (χ3v) is 5.41. The summed E-state index contributed by atoms with van der Waals surface area (Å²) in [5.41, 5.74) is 2.23. The van der Waals surface area contributed by atoms with Crippen molar-refractivity contribution in [2.24, 2.45) is 0 Å². The highest BCUT2D eigenvalue weighted by molar-refractivity contribution is 6.30. The van der Waals surface area contributed by atoms with Gasteiger partial charge in [-0.05, 0) is 61.7 Å². The Morgan fingerprint density at radius 1 is 1.18 bits per heavy atom. The number of likely N-dealkylation sites (tertiary alicyclic amines) is 1. The maximum atomic E-state index is 12.5. The molecule has 0 aromatic heterocycles. The lowest BCUT2D eigenvalue weighted by atomic mass is 10.0. The van der Waals surface area contributed by atoms with Gasteiger partial charge in [0.1, 0.15) is 11.5 Å². The molecule has 1 aliphatic heterocycles. The van der Waals surface area contributed by atoms with Crippen LogP contribution in [0.5, 0.6) is 11.5 Å². The van der Waals surface area contributed by atoms with E-state index in [0.29, 0.717) is 13.1 Å². The van der Waals surface area contributed by atoms with Crippen molar-refractivity contribution in [1.82, 2.24) is 10.2 Å². The van der Waals surface area contributed by atoms with Crippen molar-refractivity contribution >= 4 is 17.5 Å². The van der Waals surface area contributed by atoms with Crippen molar-refractivity contribution in [2.75, 3.05) is 33.9 Å². The SMILES string of the molecule is COc1ccc(OC)c(C2CCCN2CC(=O)NCCc2ccc(Cl)cc2)c1. The molecule has 1 amide bonds. The van der Waals surface area contributed by atoms with Gasteiger partial charge in [-0.1, -0.05) is 23.7 Å². The molecule has 1 atom stereocenters. The number of carbonyl (C=O) groups excluding carboxylic acids is 1. The minimum atomic E-state index is 0.0442. The average Bonchev–Trinajstić information content (AvgIpc) is 3.16. The number of halogens is 1. The van der Waals surface area contributed by atoms with E-state index >= 15 is 0 Å². The molecule has 1 unspecified atom stereocenters. The standard InChI is InChI=1S/C22H27ClN2O3/c1-27-18-9-10-21(28-2)19(14-18)20-4-3-13-25(20)15-22(26)24-12-11-16-5-7-17(23)8-6-16/h5-10,14,20H,3-4,11-13,15H2,1-2H3,(H,24,26). The van der Waals surface area contributed by atoms with Crippen molar-refractivity contribution in [3.8, 4) is 11.5 Å². The van der Waals surface area contributed by atoms with Crippen LogP contribution >= 0.6 is 11.6 Å². The van der Waals surface area contributed by atoms with Gasteiger partial charge in [-0.3, -0.25) is 9.69 Å². The summed E-state index contributed by atoms with van der Waals surface area (Å²) in [5, 5.41) is 3.75. The van der Waals surface area contributed by atoms with Crippen LogP contribution < -0.4 is 14.8 Å². The number of rotatable bonds is 8. The van der Waals surface area contributed by atoms with Crippen LogP contribution in [-0.2, 0) is 11.2 Å². The van der Waals surface area contributed by atoms with Gasteiger partial charge in [0.25, 0.3) is 0 Å². The Labute approximate surface area is 171 Å². The number of ether oxygens (including phenoxy) is 2. The van der Waals surface area contributed by atoms with E-state index in [0.717, 1.165) is 53.5 Å². The molecule has 1 aliphatic rings. The quantitative estimate of drug-likeness (QED) is 0.728. The Morgan fingerprint density at radius 3 is 2.68 bits per heavy atom. The summed E-state index contributed by atoms with van der Waals surface area (Å²) in [6.07, 6.45) is 2.85. The Morgan fingerprint density at radius 2 is 1.96 bits per heavy atom. The third kappa shape index (κ3) is 5.18. The number of amides is 1. The van der Waals surface area contributed by atoms with Gasteiger partial charge in [0.2, 0.25) is 5.91 Å². The highest BCUT2D eigenvalue weighted by atomic mass is 35.5. The Bertz CT molecular complexity index is 795. The Hall–Kier alpha value is -2.24. The van der Waals surface area contributed by atoms with E-state index in [1.165, 1.54) is 0 Å². The van der Waals surface area contributed by atoms with Crippen molar-refractivity contribution in [2.45, 2.75) is 25.3 Å². The molecule has 28 heavy (non-hydrogen) atoms. The van der Waals surface area contributed by atoms with Crippen molar-refractivity contribution in [3.63, 3.8) is 0 Å². The molecule has 0 spiro atoms. The number of nitrogens with one attached hydrogen (secondary N) is 1. The van der Waals surface area contributed by atoms with Crippen LogP contribution in [0.15, 0.2) is 42.5 Å². The van der Waals surface area contributed by atoms with Crippen LogP contribution in [0.2, 0.25) is 5.02 Å².